The van der Waals surface area contributed by atoms with Crippen LogP contribution in [-0.4, -0.2) is 21.4 Å². The maximum atomic E-state index is 12.9. The molecule has 2 N–H and O–H groups in total. The molecule has 0 amide bonds. The van der Waals surface area contributed by atoms with Crippen LogP contribution in [0.4, 0.5) is 4.39 Å². The summed E-state index contributed by atoms with van der Waals surface area (Å²) in [6, 6.07) is 8.10. The fraction of sp³-hybridized carbons (Fsp3) is 0.188. The first-order chi connectivity index (χ1) is 10.7. The largest absolute Gasteiger partial charge is 0.387 e. The number of aromatic nitrogens is 2. The van der Waals surface area contributed by atoms with Gasteiger partial charge in [-0.3, -0.25) is 0 Å². The predicted octanol–water partition coefficient (Wildman–Crippen LogP) is 2.90. The molecule has 0 saturated carbocycles. The van der Waals surface area contributed by atoms with Crippen LogP contribution in [0.5, 0.6) is 0 Å². The number of halogens is 1. The summed E-state index contributed by atoms with van der Waals surface area (Å²) in [6.45, 7) is 1.10. The van der Waals surface area contributed by atoms with Gasteiger partial charge in [-0.05, 0) is 46.7 Å². The molecule has 1 aromatic carbocycles. The smallest absolute Gasteiger partial charge is 0.123 e. The number of benzene rings is 1. The molecule has 0 saturated heterocycles. The fourth-order valence-corrected chi connectivity index (χ4v) is 2.83. The van der Waals surface area contributed by atoms with Gasteiger partial charge in [0, 0.05) is 24.8 Å². The minimum Gasteiger partial charge on any atom is -0.387 e. The number of hydrogen-bond acceptors (Lipinski definition) is 4. The van der Waals surface area contributed by atoms with E-state index in [1.807, 2.05) is 23.0 Å². The fourth-order valence-electron chi connectivity index (χ4n) is 2.12. The van der Waals surface area contributed by atoms with Crippen LogP contribution in [0.2, 0.25) is 0 Å². The van der Waals surface area contributed by atoms with E-state index >= 15 is 0 Å². The number of aliphatic hydroxyl groups is 1. The van der Waals surface area contributed by atoms with Crippen LogP contribution in [0.25, 0.3) is 5.69 Å². The topological polar surface area (TPSA) is 50.1 Å². The van der Waals surface area contributed by atoms with Crippen molar-refractivity contribution in [2.24, 2.45) is 0 Å². The highest BCUT2D eigenvalue weighted by Crippen LogP contribution is 2.15. The zero-order chi connectivity index (χ0) is 15.4. The van der Waals surface area contributed by atoms with Crippen molar-refractivity contribution >= 4 is 11.3 Å². The second-order valence-electron chi connectivity index (χ2n) is 4.97. The van der Waals surface area contributed by atoms with Gasteiger partial charge in [-0.15, -0.1) is 0 Å². The Morgan fingerprint density at radius 3 is 2.82 bits per heavy atom. The monoisotopic (exact) mass is 317 g/mol. The third kappa shape index (κ3) is 3.59. The van der Waals surface area contributed by atoms with Crippen molar-refractivity contribution in [2.45, 2.75) is 12.6 Å². The second kappa shape index (κ2) is 6.83. The van der Waals surface area contributed by atoms with E-state index in [4.69, 9.17) is 0 Å². The van der Waals surface area contributed by atoms with E-state index in [9.17, 15) is 9.50 Å². The normalized spacial score (nSPS) is 12.5. The molecule has 0 radical (unpaired) electrons. The van der Waals surface area contributed by atoms with Crippen LogP contribution in [0.1, 0.15) is 17.2 Å². The minimum absolute atomic E-state index is 0.264. The molecule has 3 aromatic rings. The quantitative estimate of drug-likeness (QED) is 0.735. The van der Waals surface area contributed by atoms with E-state index in [2.05, 4.69) is 10.4 Å². The average molecular weight is 317 g/mol. The van der Waals surface area contributed by atoms with Crippen molar-refractivity contribution < 1.29 is 9.50 Å². The van der Waals surface area contributed by atoms with Gasteiger partial charge in [0.25, 0.3) is 0 Å². The molecule has 22 heavy (non-hydrogen) atoms. The van der Waals surface area contributed by atoms with Gasteiger partial charge in [0.1, 0.15) is 5.82 Å². The second-order valence-corrected chi connectivity index (χ2v) is 5.75. The first-order valence-corrected chi connectivity index (χ1v) is 7.87. The van der Waals surface area contributed by atoms with Gasteiger partial charge < -0.3 is 10.4 Å². The van der Waals surface area contributed by atoms with Crippen LogP contribution in [0, 0.1) is 5.82 Å². The zero-order valence-corrected chi connectivity index (χ0v) is 12.6. The summed E-state index contributed by atoms with van der Waals surface area (Å²) < 4.78 is 14.6. The SMILES string of the molecule is OC(CNCc1cnn(-c2ccc(F)cc2)c1)c1ccsc1. The molecule has 2 aromatic heterocycles. The lowest BCUT2D eigenvalue weighted by molar-refractivity contribution is 0.175. The Hall–Kier alpha value is -2.02. The van der Waals surface area contributed by atoms with Crippen LogP contribution in [0.3, 0.4) is 0 Å². The number of nitrogens with one attached hydrogen (secondary N) is 1. The Labute approximate surface area is 131 Å². The minimum atomic E-state index is -0.501. The van der Waals surface area contributed by atoms with Crippen molar-refractivity contribution in [3.63, 3.8) is 0 Å². The van der Waals surface area contributed by atoms with Crippen molar-refractivity contribution in [1.29, 1.82) is 0 Å². The zero-order valence-electron chi connectivity index (χ0n) is 11.8. The number of nitrogens with zero attached hydrogens (tertiary/aromatic N) is 2. The number of hydrogen-bond donors (Lipinski definition) is 2. The summed E-state index contributed by atoms with van der Waals surface area (Å²) in [7, 11) is 0. The summed E-state index contributed by atoms with van der Waals surface area (Å²) in [4.78, 5) is 0. The Kier molecular flexibility index (Phi) is 4.62. The molecular formula is C16H16FN3OS. The lowest BCUT2D eigenvalue weighted by Gasteiger charge is -2.09. The average Bonchev–Trinajstić information content (AvgIpc) is 3.19. The molecule has 114 valence electrons. The molecule has 6 heteroatoms. The predicted molar refractivity (Wildman–Crippen MR) is 84.5 cm³/mol. The highest BCUT2D eigenvalue weighted by Gasteiger charge is 2.07. The van der Waals surface area contributed by atoms with Crippen LogP contribution >= 0.6 is 11.3 Å². The molecule has 0 spiro atoms. The van der Waals surface area contributed by atoms with E-state index in [-0.39, 0.29) is 5.82 Å². The first kappa shape index (κ1) is 14.9. The highest BCUT2D eigenvalue weighted by molar-refractivity contribution is 7.07. The van der Waals surface area contributed by atoms with E-state index in [0.29, 0.717) is 13.1 Å². The van der Waals surface area contributed by atoms with E-state index in [0.717, 1.165) is 16.8 Å². The van der Waals surface area contributed by atoms with Crippen molar-refractivity contribution in [2.75, 3.05) is 6.54 Å². The van der Waals surface area contributed by atoms with Crippen molar-refractivity contribution in [1.82, 2.24) is 15.1 Å². The molecule has 4 nitrogen and oxygen atoms in total. The molecule has 1 unspecified atom stereocenters. The molecular weight excluding hydrogens is 301 g/mol. The lowest BCUT2D eigenvalue weighted by Crippen LogP contribution is -2.20. The van der Waals surface area contributed by atoms with Crippen molar-refractivity contribution in [3.05, 3.63) is 70.4 Å². The van der Waals surface area contributed by atoms with Gasteiger partial charge in [0.2, 0.25) is 0 Å². The number of aliphatic hydroxyl groups excluding tert-OH is 1. The molecule has 2 heterocycles. The van der Waals surface area contributed by atoms with Gasteiger partial charge in [-0.1, -0.05) is 0 Å². The van der Waals surface area contributed by atoms with E-state index in [1.165, 1.54) is 12.1 Å². The third-order valence-electron chi connectivity index (χ3n) is 3.32. The van der Waals surface area contributed by atoms with E-state index < -0.39 is 6.10 Å². The van der Waals surface area contributed by atoms with Gasteiger partial charge in [-0.25, -0.2) is 9.07 Å². The Bertz CT molecular complexity index is 709. The summed E-state index contributed by atoms with van der Waals surface area (Å²) in [6.07, 6.45) is 3.14. The van der Waals surface area contributed by atoms with E-state index in [1.54, 1.807) is 34.3 Å². The van der Waals surface area contributed by atoms with Gasteiger partial charge in [0.15, 0.2) is 0 Å². The first-order valence-electron chi connectivity index (χ1n) is 6.93. The molecule has 0 aliphatic carbocycles. The van der Waals surface area contributed by atoms with Crippen molar-refractivity contribution in [3.8, 4) is 5.69 Å². The summed E-state index contributed by atoms with van der Waals surface area (Å²) in [5, 5.41) is 21.3. The number of rotatable bonds is 6. The molecule has 0 fully saturated rings. The Morgan fingerprint density at radius 1 is 1.27 bits per heavy atom. The highest BCUT2D eigenvalue weighted by atomic mass is 32.1. The summed E-state index contributed by atoms with van der Waals surface area (Å²) in [5.74, 6) is -0.264. The maximum absolute atomic E-state index is 12.9. The third-order valence-corrected chi connectivity index (χ3v) is 4.02. The molecule has 0 bridgehead atoms. The lowest BCUT2D eigenvalue weighted by atomic mass is 10.2. The summed E-state index contributed by atoms with van der Waals surface area (Å²) >= 11 is 1.57. The molecule has 1 atom stereocenters. The molecule has 3 rings (SSSR count). The standard InChI is InChI=1S/C16H16FN3OS/c17-14-1-3-15(4-2-14)20-10-12(8-19-20)7-18-9-16(21)13-5-6-22-11-13/h1-6,8,10-11,16,18,21H,7,9H2. The van der Waals surface area contributed by atoms with Crippen LogP contribution in [-0.2, 0) is 6.54 Å². The summed E-state index contributed by atoms with van der Waals surface area (Å²) in [5.41, 5.74) is 2.74. The van der Waals surface area contributed by atoms with Gasteiger partial charge >= 0.3 is 0 Å². The number of thiophene rings is 1. The van der Waals surface area contributed by atoms with Gasteiger partial charge in [0.05, 0.1) is 18.0 Å². The Balaban J connectivity index is 1.55. The van der Waals surface area contributed by atoms with Gasteiger partial charge in [-0.2, -0.15) is 16.4 Å². The van der Waals surface area contributed by atoms with Crippen LogP contribution in [0.15, 0.2) is 53.5 Å². The molecule has 0 aliphatic rings. The van der Waals surface area contributed by atoms with Crippen LogP contribution < -0.4 is 5.32 Å². The maximum Gasteiger partial charge on any atom is 0.123 e. The Morgan fingerprint density at radius 2 is 2.09 bits per heavy atom. The molecule has 0 aliphatic heterocycles.